The van der Waals surface area contributed by atoms with Crippen LogP contribution < -0.4 is 0 Å². The van der Waals surface area contributed by atoms with Crippen LogP contribution in [0.4, 0.5) is 0 Å². The van der Waals surface area contributed by atoms with Crippen LogP contribution in [-0.4, -0.2) is 39.9 Å². The van der Waals surface area contributed by atoms with Gasteiger partial charge in [-0.25, -0.2) is 0 Å². The van der Waals surface area contributed by atoms with Crippen LogP contribution in [-0.2, 0) is 16.8 Å². The Morgan fingerprint density at radius 2 is 1.95 bits per heavy atom. The summed E-state index contributed by atoms with van der Waals surface area (Å²) < 4.78 is 31.6. The van der Waals surface area contributed by atoms with Crippen molar-refractivity contribution in [3.63, 3.8) is 0 Å². The zero-order chi connectivity index (χ0) is 14.9. The van der Waals surface area contributed by atoms with E-state index in [-0.39, 0.29) is 0 Å². The van der Waals surface area contributed by atoms with Gasteiger partial charge in [0, 0.05) is 23.5 Å². The summed E-state index contributed by atoms with van der Waals surface area (Å²) in [4.78, 5) is 7.73. The number of aromatic hydroxyl groups is 1. The number of H-pyrrole nitrogens is 1. The molecule has 8 heteroatoms. The number of aromatic nitrogens is 1. The number of phenolic OH excluding ortho intramolecular Hbond substituents is 1. The highest BCUT2D eigenvalue weighted by molar-refractivity contribution is 7.79. The van der Waals surface area contributed by atoms with E-state index in [1.807, 2.05) is 13.0 Å². The summed E-state index contributed by atoms with van der Waals surface area (Å²) in [7, 11) is -4.67. The van der Waals surface area contributed by atoms with E-state index in [9.17, 15) is 5.11 Å². The number of phenols is 1. The van der Waals surface area contributed by atoms with Crippen molar-refractivity contribution in [3.05, 3.63) is 29.5 Å². The standard InChI is InChI=1S/C12H12N2O.H2O4S/c1-7-12-10(4-5-13-7)9-3-2-8(15)6-11(9)14-12;1-5(2,3)4/h2-3,6,14-15H,4-5H2,1H3;(H2,1,2,3,4). The fourth-order valence-electron chi connectivity index (χ4n) is 2.23. The summed E-state index contributed by atoms with van der Waals surface area (Å²) in [6.45, 7) is 2.89. The summed E-state index contributed by atoms with van der Waals surface area (Å²) in [5.74, 6) is 0.302. The van der Waals surface area contributed by atoms with Gasteiger partial charge in [-0.3, -0.25) is 14.1 Å². The summed E-state index contributed by atoms with van der Waals surface area (Å²) in [6, 6.07) is 5.47. The Labute approximate surface area is 115 Å². The molecule has 0 atom stereocenters. The number of nitrogens with zero attached hydrogens (tertiary/aromatic N) is 1. The second-order valence-electron chi connectivity index (χ2n) is 4.37. The van der Waals surface area contributed by atoms with Crippen LogP contribution in [0.25, 0.3) is 10.9 Å². The van der Waals surface area contributed by atoms with Crippen molar-refractivity contribution in [2.45, 2.75) is 13.3 Å². The van der Waals surface area contributed by atoms with Gasteiger partial charge < -0.3 is 10.1 Å². The van der Waals surface area contributed by atoms with Crippen molar-refractivity contribution in [1.82, 2.24) is 4.98 Å². The number of hydrogen-bond donors (Lipinski definition) is 4. The topological polar surface area (TPSA) is 123 Å². The summed E-state index contributed by atoms with van der Waals surface area (Å²) in [6.07, 6.45) is 0.984. The van der Waals surface area contributed by atoms with Gasteiger partial charge in [-0.2, -0.15) is 8.42 Å². The van der Waals surface area contributed by atoms with Crippen molar-refractivity contribution in [2.75, 3.05) is 6.54 Å². The molecule has 7 nitrogen and oxygen atoms in total. The van der Waals surface area contributed by atoms with Crippen LogP contribution in [0.1, 0.15) is 18.2 Å². The Balaban J connectivity index is 0.000000257. The van der Waals surface area contributed by atoms with Crippen molar-refractivity contribution in [1.29, 1.82) is 0 Å². The number of benzene rings is 1. The fraction of sp³-hybridized carbons (Fsp3) is 0.250. The third-order valence-electron chi connectivity index (χ3n) is 2.96. The molecule has 0 fully saturated rings. The molecule has 0 aliphatic carbocycles. The lowest BCUT2D eigenvalue weighted by molar-refractivity contribution is 0.381. The Bertz CT molecular complexity index is 768. The number of rotatable bonds is 0. The van der Waals surface area contributed by atoms with Crippen LogP contribution in [0, 0.1) is 0 Å². The number of hydrogen-bond acceptors (Lipinski definition) is 4. The Morgan fingerprint density at radius 1 is 1.30 bits per heavy atom. The van der Waals surface area contributed by atoms with Gasteiger partial charge in [-0.1, -0.05) is 0 Å². The van der Waals surface area contributed by atoms with Gasteiger partial charge in [0.15, 0.2) is 0 Å². The molecule has 108 valence electrons. The van der Waals surface area contributed by atoms with Crippen LogP contribution >= 0.6 is 0 Å². The Morgan fingerprint density at radius 3 is 2.60 bits per heavy atom. The molecule has 20 heavy (non-hydrogen) atoms. The van der Waals surface area contributed by atoms with E-state index in [4.69, 9.17) is 17.5 Å². The average molecular weight is 298 g/mol. The third-order valence-corrected chi connectivity index (χ3v) is 2.96. The molecule has 1 aromatic carbocycles. The lowest BCUT2D eigenvalue weighted by Crippen LogP contribution is -2.08. The van der Waals surface area contributed by atoms with E-state index in [1.54, 1.807) is 12.1 Å². The van der Waals surface area contributed by atoms with E-state index in [0.29, 0.717) is 5.75 Å². The highest BCUT2D eigenvalue weighted by Crippen LogP contribution is 2.28. The molecule has 0 saturated heterocycles. The normalized spacial score (nSPS) is 14.2. The minimum atomic E-state index is -4.67. The quantitative estimate of drug-likeness (QED) is 0.550. The summed E-state index contributed by atoms with van der Waals surface area (Å²) in [5, 5.41) is 10.6. The highest BCUT2D eigenvalue weighted by Gasteiger charge is 2.16. The van der Waals surface area contributed by atoms with Gasteiger partial charge in [0.1, 0.15) is 5.75 Å². The predicted octanol–water partition coefficient (Wildman–Crippen LogP) is 1.59. The molecular formula is C12H14N2O5S. The predicted molar refractivity (Wildman–Crippen MR) is 74.9 cm³/mol. The monoisotopic (exact) mass is 298 g/mol. The molecule has 1 aromatic heterocycles. The van der Waals surface area contributed by atoms with Gasteiger partial charge in [0.2, 0.25) is 0 Å². The first-order chi connectivity index (χ1) is 9.25. The maximum absolute atomic E-state index is 9.41. The Hall–Kier alpha value is -1.90. The number of nitrogens with one attached hydrogen (secondary N) is 1. The van der Waals surface area contributed by atoms with Gasteiger partial charge in [-0.05, 0) is 31.0 Å². The van der Waals surface area contributed by atoms with Gasteiger partial charge >= 0.3 is 10.4 Å². The largest absolute Gasteiger partial charge is 0.508 e. The summed E-state index contributed by atoms with van der Waals surface area (Å²) >= 11 is 0. The molecule has 2 heterocycles. The SMILES string of the molecule is CC1=NCCc2c1[nH]c1cc(O)ccc21.O=S(=O)(O)O. The van der Waals surface area contributed by atoms with E-state index < -0.39 is 10.4 Å². The fourth-order valence-corrected chi connectivity index (χ4v) is 2.23. The smallest absolute Gasteiger partial charge is 0.394 e. The van der Waals surface area contributed by atoms with E-state index in [2.05, 4.69) is 9.98 Å². The molecule has 0 amide bonds. The number of aliphatic imine (C=N–C) groups is 1. The van der Waals surface area contributed by atoms with Gasteiger partial charge in [0.25, 0.3) is 0 Å². The first kappa shape index (κ1) is 14.5. The second-order valence-corrected chi connectivity index (χ2v) is 5.27. The zero-order valence-electron chi connectivity index (χ0n) is 10.7. The maximum atomic E-state index is 9.41. The molecule has 3 rings (SSSR count). The van der Waals surface area contributed by atoms with E-state index in [1.165, 1.54) is 10.9 Å². The van der Waals surface area contributed by atoms with Crippen molar-refractivity contribution in [3.8, 4) is 5.75 Å². The lowest BCUT2D eigenvalue weighted by atomic mass is 10.0. The van der Waals surface area contributed by atoms with Gasteiger partial charge in [0.05, 0.1) is 11.4 Å². The molecule has 2 aromatic rings. The number of aromatic amines is 1. The van der Waals surface area contributed by atoms with Crippen molar-refractivity contribution in [2.24, 2.45) is 4.99 Å². The van der Waals surface area contributed by atoms with Crippen molar-refractivity contribution >= 4 is 27.0 Å². The summed E-state index contributed by atoms with van der Waals surface area (Å²) in [5.41, 5.74) is 4.52. The molecule has 0 spiro atoms. The van der Waals surface area contributed by atoms with Crippen LogP contribution in [0.2, 0.25) is 0 Å². The number of fused-ring (bicyclic) bond motifs is 3. The maximum Gasteiger partial charge on any atom is 0.394 e. The Kier molecular flexibility index (Phi) is 3.80. The minimum Gasteiger partial charge on any atom is -0.508 e. The molecule has 1 aliphatic heterocycles. The van der Waals surface area contributed by atoms with E-state index >= 15 is 0 Å². The van der Waals surface area contributed by atoms with Crippen molar-refractivity contribution < 1.29 is 22.6 Å². The molecule has 1 aliphatic rings. The van der Waals surface area contributed by atoms with Crippen LogP contribution in [0.5, 0.6) is 5.75 Å². The first-order valence-corrected chi connectivity index (χ1v) is 7.20. The third kappa shape index (κ3) is 3.35. The molecular weight excluding hydrogens is 284 g/mol. The molecule has 0 radical (unpaired) electrons. The minimum absolute atomic E-state index is 0.302. The van der Waals surface area contributed by atoms with Crippen LogP contribution in [0.15, 0.2) is 23.2 Å². The molecule has 0 saturated carbocycles. The van der Waals surface area contributed by atoms with Crippen LogP contribution in [0.3, 0.4) is 0 Å². The van der Waals surface area contributed by atoms with E-state index in [0.717, 1.165) is 29.9 Å². The molecule has 0 unspecified atom stereocenters. The highest BCUT2D eigenvalue weighted by atomic mass is 32.3. The molecule has 0 bridgehead atoms. The first-order valence-electron chi connectivity index (χ1n) is 5.80. The zero-order valence-corrected chi connectivity index (χ0v) is 11.5. The van der Waals surface area contributed by atoms with Gasteiger partial charge in [-0.15, -0.1) is 0 Å². The average Bonchev–Trinajstić information content (AvgIpc) is 2.66. The molecule has 4 N–H and O–H groups in total. The lowest BCUT2D eigenvalue weighted by Gasteiger charge is -2.08. The second kappa shape index (κ2) is 5.23.